The highest BCUT2D eigenvalue weighted by Crippen LogP contribution is 2.20. The molecule has 0 saturated heterocycles. The van der Waals surface area contributed by atoms with Crippen molar-refractivity contribution in [1.29, 1.82) is 0 Å². The largest absolute Gasteiger partial charge is 0.345 e. The molecule has 0 fully saturated rings. The zero-order valence-electron chi connectivity index (χ0n) is 15.3. The first kappa shape index (κ1) is 19.2. The van der Waals surface area contributed by atoms with Gasteiger partial charge in [0.15, 0.2) is 0 Å². The van der Waals surface area contributed by atoms with Gasteiger partial charge in [-0.05, 0) is 43.2 Å². The van der Waals surface area contributed by atoms with Crippen LogP contribution < -0.4 is 5.32 Å². The lowest BCUT2D eigenvalue weighted by Gasteiger charge is -2.17. The van der Waals surface area contributed by atoms with Crippen molar-refractivity contribution in [2.24, 2.45) is 7.05 Å². The Balaban J connectivity index is 2.32. The van der Waals surface area contributed by atoms with Gasteiger partial charge in [-0.3, -0.25) is 4.79 Å². The highest BCUT2D eigenvalue weighted by Gasteiger charge is 2.25. The third-order valence-electron chi connectivity index (χ3n) is 4.04. The smallest absolute Gasteiger partial charge is 0.272 e. The number of sulfonamides is 1. The van der Waals surface area contributed by atoms with Gasteiger partial charge in [-0.15, -0.1) is 0 Å². The summed E-state index contributed by atoms with van der Waals surface area (Å²) in [6.45, 7) is 8.27. The number of hydrogen-bond donors (Lipinski definition) is 1. The SMILES string of the molecule is CCN(CC)S(=O)(=O)c1cc(C(=O)Nc2cc(C)cc(C)c2)n(C)c1. The van der Waals surface area contributed by atoms with Crippen LogP contribution in [0.1, 0.15) is 35.5 Å². The van der Waals surface area contributed by atoms with Crippen LogP contribution in [-0.2, 0) is 17.1 Å². The van der Waals surface area contributed by atoms with E-state index in [0.29, 0.717) is 24.5 Å². The number of carbonyl (C=O) groups excluding carboxylic acids is 1. The van der Waals surface area contributed by atoms with E-state index in [-0.39, 0.29) is 10.8 Å². The van der Waals surface area contributed by atoms with Gasteiger partial charge < -0.3 is 9.88 Å². The number of benzene rings is 1. The Morgan fingerprint density at radius 1 is 1.08 bits per heavy atom. The summed E-state index contributed by atoms with van der Waals surface area (Å²) in [5.41, 5.74) is 3.08. The van der Waals surface area contributed by atoms with Crippen LogP contribution >= 0.6 is 0 Å². The van der Waals surface area contributed by atoms with Gasteiger partial charge in [0, 0.05) is 32.0 Å². The minimum atomic E-state index is -3.59. The summed E-state index contributed by atoms with van der Waals surface area (Å²) in [5, 5.41) is 2.83. The van der Waals surface area contributed by atoms with Crippen LogP contribution in [0.15, 0.2) is 35.4 Å². The van der Waals surface area contributed by atoms with E-state index in [2.05, 4.69) is 5.32 Å². The zero-order valence-corrected chi connectivity index (χ0v) is 16.1. The molecule has 1 N–H and O–H groups in total. The molecule has 1 heterocycles. The predicted molar refractivity (Wildman–Crippen MR) is 99.4 cm³/mol. The summed E-state index contributed by atoms with van der Waals surface area (Å²) in [4.78, 5) is 12.7. The summed E-state index contributed by atoms with van der Waals surface area (Å²) < 4.78 is 28.1. The molecule has 0 atom stereocenters. The molecule has 0 unspecified atom stereocenters. The Morgan fingerprint density at radius 2 is 1.64 bits per heavy atom. The molecule has 0 spiro atoms. The van der Waals surface area contributed by atoms with Gasteiger partial charge in [-0.1, -0.05) is 19.9 Å². The van der Waals surface area contributed by atoms with Gasteiger partial charge in [-0.2, -0.15) is 4.31 Å². The van der Waals surface area contributed by atoms with E-state index in [0.717, 1.165) is 11.1 Å². The maximum atomic E-state index is 12.6. The first-order chi connectivity index (χ1) is 11.7. The number of anilines is 1. The van der Waals surface area contributed by atoms with Gasteiger partial charge in [0.2, 0.25) is 10.0 Å². The summed E-state index contributed by atoms with van der Waals surface area (Å²) in [7, 11) is -1.93. The van der Waals surface area contributed by atoms with Crippen LogP contribution in [0.5, 0.6) is 0 Å². The van der Waals surface area contributed by atoms with Crippen molar-refractivity contribution in [2.75, 3.05) is 18.4 Å². The van der Waals surface area contributed by atoms with Gasteiger partial charge in [0.25, 0.3) is 5.91 Å². The summed E-state index contributed by atoms with van der Waals surface area (Å²) >= 11 is 0. The number of carbonyl (C=O) groups is 1. The molecule has 0 aliphatic rings. The average molecular weight is 363 g/mol. The molecule has 2 aromatic rings. The van der Waals surface area contributed by atoms with Gasteiger partial charge in [0.1, 0.15) is 10.6 Å². The Morgan fingerprint density at radius 3 is 2.16 bits per heavy atom. The molecule has 25 heavy (non-hydrogen) atoms. The molecular formula is C18H25N3O3S. The van der Waals surface area contributed by atoms with Crippen LogP contribution in [0, 0.1) is 13.8 Å². The summed E-state index contributed by atoms with van der Waals surface area (Å²) in [5.74, 6) is -0.339. The van der Waals surface area contributed by atoms with Gasteiger partial charge in [-0.25, -0.2) is 8.42 Å². The number of aryl methyl sites for hydroxylation is 3. The van der Waals surface area contributed by atoms with Crippen molar-refractivity contribution >= 4 is 21.6 Å². The third-order valence-corrected chi connectivity index (χ3v) is 6.05. The van der Waals surface area contributed by atoms with Crippen molar-refractivity contribution in [3.63, 3.8) is 0 Å². The first-order valence-electron chi connectivity index (χ1n) is 8.25. The third kappa shape index (κ3) is 4.11. The second-order valence-electron chi connectivity index (χ2n) is 6.09. The van der Waals surface area contributed by atoms with Crippen LogP contribution in [0.25, 0.3) is 0 Å². The molecule has 136 valence electrons. The zero-order chi connectivity index (χ0) is 18.8. The van der Waals surface area contributed by atoms with Crippen molar-refractivity contribution in [3.05, 3.63) is 47.3 Å². The molecule has 1 amide bonds. The van der Waals surface area contributed by atoms with E-state index >= 15 is 0 Å². The van der Waals surface area contributed by atoms with Crippen LogP contribution in [0.3, 0.4) is 0 Å². The number of nitrogens with one attached hydrogen (secondary N) is 1. The molecule has 1 aromatic carbocycles. The second kappa shape index (κ2) is 7.41. The van der Waals surface area contributed by atoms with E-state index in [1.807, 2.05) is 32.0 Å². The molecule has 0 aliphatic heterocycles. The quantitative estimate of drug-likeness (QED) is 0.858. The molecule has 0 bridgehead atoms. The maximum Gasteiger partial charge on any atom is 0.272 e. The monoisotopic (exact) mass is 363 g/mol. The molecule has 1 aromatic heterocycles. The molecular weight excluding hydrogens is 338 g/mol. The van der Waals surface area contributed by atoms with Crippen molar-refractivity contribution < 1.29 is 13.2 Å². The molecule has 2 rings (SSSR count). The Bertz CT molecular complexity index is 861. The van der Waals surface area contributed by atoms with E-state index in [9.17, 15) is 13.2 Å². The van der Waals surface area contributed by atoms with Crippen LogP contribution in [0.4, 0.5) is 5.69 Å². The predicted octanol–water partition coefficient (Wildman–Crippen LogP) is 2.92. The van der Waals surface area contributed by atoms with E-state index in [1.165, 1.54) is 21.1 Å². The molecule has 0 radical (unpaired) electrons. The standard InChI is InChI=1S/C18H25N3O3S/c1-6-21(7-2)25(23,24)16-11-17(20(5)12-16)18(22)19-15-9-13(3)8-14(4)10-15/h8-12H,6-7H2,1-5H3,(H,19,22). The van der Waals surface area contributed by atoms with Crippen molar-refractivity contribution in [3.8, 4) is 0 Å². The number of aromatic nitrogens is 1. The summed E-state index contributed by atoms with van der Waals surface area (Å²) in [6.07, 6.45) is 1.48. The summed E-state index contributed by atoms with van der Waals surface area (Å²) in [6, 6.07) is 7.20. The van der Waals surface area contributed by atoms with Gasteiger partial charge >= 0.3 is 0 Å². The highest BCUT2D eigenvalue weighted by molar-refractivity contribution is 7.89. The first-order valence-corrected chi connectivity index (χ1v) is 9.69. The minimum absolute atomic E-state index is 0.129. The molecule has 0 saturated carbocycles. The minimum Gasteiger partial charge on any atom is -0.345 e. The Labute approximate surface area is 149 Å². The second-order valence-corrected chi connectivity index (χ2v) is 8.03. The maximum absolute atomic E-state index is 12.6. The van der Waals surface area contributed by atoms with E-state index in [1.54, 1.807) is 20.9 Å². The fraction of sp³-hybridized carbons (Fsp3) is 0.389. The highest BCUT2D eigenvalue weighted by atomic mass is 32.2. The topological polar surface area (TPSA) is 71.4 Å². The normalized spacial score (nSPS) is 11.8. The van der Waals surface area contributed by atoms with Crippen molar-refractivity contribution in [1.82, 2.24) is 8.87 Å². The lowest BCUT2D eigenvalue weighted by Crippen LogP contribution is -2.30. The van der Waals surface area contributed by atoms with E-state index < -0.39 is 10.0 Å². The molecule has 7 heteroatoms. The van der Waals surface area contributed by atoms with Crippen LogP contribution in [-0.4, -0.2) is 36.3 Å². The fourth-order valence-electron chi connectivity index (χ4n) is 2.86. The average Bonchev–Trinajstić information content (AvgIpc) is 2.90. The lowest BCUT2D eigenvalue weighted by atomic mass is 10.1. The van der Waals surface area contributed by atoms with Crippen molar-refractivity contribution in [2.45, 2.75) is 32.6 Å². The number of rotatable bonds is 6. The Hall–Kier alpha value is -2.12. The number of hydrogen-bond acceptors (Lipinski definition) is 3. The lowest BCUT2D eigenvalue weighted by molar-refractivity contribution is 0.101. The van der Waals surface area contributed by atoms with E-state index in [4.69, 9.17) is 0 Å². The Kier molecular flexibility index (Phi) is 5.69. The van der Waals surface area contributed by atoms with Crippen LogP contribution in [0.2, 0.25) is 0 Å². The number of amides is 1. The fourth-order valence-corrected chi connectivity index (χ4v) is 4.39. The molecule has 6 nitrogen and oxygen atoms in total. The molecule has 0 aliphatic carbocycles. The van der Waals surface area contributed by atoms with Gasteiger partial charge in [0.05, 0.1) is 0 Å². The number of nitrogens with zero attached hydrogens (tertiary/aromatic N) is 2.